The van der Waals surface area contributed by atoms with Crippen LogP contribution in [0, 0.1) is 3.57 Å². The van der Waals surface area contributed by atoms with Gasteiger partial charge in [-0.15, -0.1) is 0 Å². The molecule has 6 nitrogen and oxygen atoms in total. The Morgan fingerprint density at radius 3 is 2.44 bits per heavy atom. The van der Waals surface area contributed by atoms with Crippen molar-refractivity contribution >= 4 is 34.6 Å². The number of rotatable bonds is 4. The lowest BCUT2D eigenvalue weighted by atomic mass is 10.1. The maximum absolute atomic E-state index is 13.6. The Hall–Kier alpha value is -2.29. The molecule has 0 radical (unpaired) electrons. The Morgan fingerprint density at radius 1 is 1.06 bits per heavy atom. The van der Waals surface area contributed by atoms with Crippen LogP contribution < -0.4 is 4.74 Å². The summed E-state index contributed by atoms with van der Waals surface area (Å²) in [5, 5.41) is 0. The number of piperazine rings is 1. The third-order valence-electron chi connectivity index (χ3n) is 5.79. The number of carbonyl (C=O) groups is 2. The number of hydrogen-bond donors (Lipinski definition) is 0. The van der Waals surface area contributed by atoms with Gasteiger partial charge in [-0.2, -0.15) is 0 Å². The lowest BCUT2D eigenvalue weighted by Crippen LogP contribution is -2.58. The Labute approximate surface area is 203 Å². The second-order valence-electron chi connectivity index (χ2n) is 9.50. The van der Waals surface area contributed by atoms with Gasteiger partial charge in [0.25, 0.3) is 5.91 Å². The van der Waals surface area contributed by atoms with Crippen LogP contribution in [0.3, 0.4) is 0 Å². The zero-order chi connectivity index (χ0) is 22.9. The topological polar surface area (TPSA) is 59.1 Å². The highest BCUT2D eigenvalue weighted by molar-refractivity contribution is 14.1. The number of carbonyl (C=O) groups excluding carboxylic acids is 2. The predicted molar refractivity (Wildman–Crippen MR) is 131 cm³/mol. The summed E-state index contributed by atoms with van der Waals surface area (Å²) in [4.78, 5) is 29.9. The van der Waals surface area contributed by atoms with E-state index >= 15 is 0 Å². The summed E-state index contributed by atoms with van der Waals surface area (Å²) in [5.74, 6) is 0.557. The lowest BCUT2D eigenvalue weighted by molar-refractivity contribution is 0.000535. The average Bonchev–Trinajstić information content (AvgIpc) is 3.50. The molecule has 0 unspecified atom stereocenters. The van der Waals surface area contributed by atoms with Crippen molar-refractivity contribution in [1.29, 1.82) is 0 Å². The molecular weight excluding hydrogens is 519 g/mol. The minimum absolute atomic E-state index is 0.0363. The van der Waals surface area contributed by atoms with Gasteiger partial charge in [0.15, 0.2) is 0 Å². The molecule has 2 aromatic carbocycles. The lowest BCUT2D eigenvalue weighted by Gasteiger charge is -2.42. The molecule has 0 bridgehead atoms. The first kappa shape index (κ1) is 22.9. The molecule has 0 atom stereocenters. The molecule has 2 amide bonds. The largest absolute Gasteiger partial charge is 0.488 e. The number of nitrogens with zero attached hydrogens (tertiary/aromatic N) is 2. The van der Waals surface area contributed by atoms with Gasteiger partial charge in [-0.25, -0.2) is 4.79 Å². The molecule has 0 N–H and O–H groups in total. The van der Waals surface area contributed by atoms with Crippen molar-refractivity contribution in [3.8, 4) is 5.75 Å². The summed E-state index contributed by atoms with van der Waals surface area (Å²) in [6, 6.07) is 15.6. The van der Waals surface area contributed by atoms with Crippen molar-refractivity contribution in [2.24, 2.45) is 0 Å². The summed E-state index contributed by atoms with van der Waals surface area (Å²) in [6.07, 6.45) is 1.47. The molecule has 1 aliphatic heterocycles. The fourth-order valence-electron chi connectivity index (χ4n) is 4.02. The molecule has 2 aromatic rings. The maximum atomic E-state index is 13.6. The van der Waals surface area contributed by atoms with E-state index in [1.807, 2.05) is 74.2 Å². The molecule has 1 heterocycles. The van der Waals surface area contributed by atoms with Gasteiger partial charge in [0.1, 0.15) is 18.0 Å². The van der Waals surface area contributed by atoms with Gasteiger partial charge >= 0.3 is 6.09 Å². The minimum Gasteiger partial charge on any atom is -0.488 e. The van der Waals surface area contributed by atoms with Crippen molar-refractivity contribution in [3.63, 3.8) is 0 Å². The van der Waals surface area contributed by atoms with E-state index in [4.69, 9.17) is 9.47 Å². The van der Waals surface area contributed by atoms with E-state index in [2.05, 4.69) is 22.6 Å². The number of amides is 2. The van der Waals surface area contributed by atoms with Crippen LogP contribution in [0.4, 0.5) is 4.79 Å². The Morgan fingerprint density at radius 2 is 1.78 bits per heavy atom. The van der Waals surface area contributed by atoms with Crippen LogP contribution in [0.1, 0.15) is 49.5 Å². The first-order valence-corrected chi connectivity index (χ1v) is 12.0. The molecule has 2 fully saturated rings. The fraction of sp³-hybridized carbons (Fsp3) is 0.440. The van der Waals surface area contributed by atoms with Gasteiger partial charge < -0.3 is 19.3 Å². The van der Waals surface area contributed by atoms with Gasteiger partial charge in [0, 0.05) is 23.2 Å². The van der Waals surface area contributed by atoms with Crippen LogP contribution in [0.15, 0.2) is 48.5 Å². The van der Waals surface area contributed by atoms with Gasteiger partial charge in [0.05, 0.1) is 11.1 Å². The highest BCUT2D eigenvalue weighted by Gasteiger charge is 2.54. The van der Waals surface area contributed by atoms with Gasteiger partial charge in [-0.05, 0) is 80.0 Å². The number of ether oxygens (including phenoxy) is 2. The van der Waals surface area contributed by atoms with Crippen molar-refractivity contribution in [1.82, 2.24) is 9.80 Å². The van der Waals surface area contributed by atoms with E-state index in [1.165, 1.54) is 0 Å². The second-order valence-corrected chi connectivity index (χ2v) is 10.7. The monoisotopic (exact) mass is 548 g/mol. The van der Waals surface area contributed by atoms with E-state index in [0.717, 1.165) is 22.0 Å². The fourth-order valence-corrected chi connectivity index (χ4v) is 4.48. The molecule has 4 rings (SSSR count). The highest BCUT2D eigenvalue weighted by atomic mass is 127. The third kappa shape index (κ3) is 5.19. The predicted octanol–water partition coefficient (Wildman–Crippen LogP) is 5.10. The van der Waals surface area contributed by atoms with Gasteiger partial charge in [-0.1, -0.05) is 30.3 Å². The molecule has 1 aliphatic carbocycles. The molecule has 1 saturated carbocycles. The molecule has 2 aliphatic rings. The molecule has 170 valence electrons. The first-order valence-electron chi connectivity index (χ1n) is 10.9. The molecule has 1 saturated heterocycles. The zero-order valence-electron chi connectivity index (χ0n) is 18.8. The summed E-state index contributed by atoms with van der Waals surface area (Å²) in [5.41, 5.74) is 0.784. The normalized spacial score (nSPS) is 17.2. The molecular formula is C25H29IN2O4. The average molecular weight is 548 g/mol. The molecule has 7 heteroatoms. The zero-order valence-corrected chi connectivity index (χ0v) is 20.9. The van der Waals surface area contributed by atoms with E-state index in [1.54, 1.807) is 4.90 Å². The van der Waals surface area contributed by atoms with Gasteiger partial charge in [-0.3, -0.25) is 4.79 Å². The SMILES string of the molecule is CC(C)(C)OC(=O)N1CCN(C(=O)c2ccc(I)cc2OCc2ccccc2)C2(CC2)C1. The highest BCUT2D eigenvalue weighted by Crippen LogP contribution is 2.45. The second kappa shape index (κ2) is 8.92. The van der Waals surface area contributed by atoms with Crippen molar-refractivity contribution in [2.45, 2.75) is 51.4 Å². The number of hydrogen-bond acceptors (Lipinski definition) is 4. The van der Waals surface area contributed by atoms with Crippen molar-refractivity contribution < 1.29 is 19.1 Å². The van der Waals surface area contributed by atoms with E-state index < -0.39 is 5.60 Å². The Kier molecular flexibility index (Phi) is 6.38. The van der Waals surface area contributed by atoms with Gasteiger partial charge in [0.2, 0.25) is 0 Å². The summed E-state index contributed by atoms with van der Waals surface area (Å²) < 4.78 is 12.6. The summed E-state index contributed by atoms with van der Waals surface area (Å²) in [7, 11) is 0. The van der Waals surface area contributed by atoms with Crippen molar-refractivity contribution in [2.75, 3.05) is 19.6 Å². The van der Waals surface area contributed by atoms with Crippen LogP contribution in [0.5, 0.6) is 5.75 Å². The van der Waals surface area contributed by atoms with E-state index in [-0.39, 0.29) is 17.5 Å². The van der Waals surface area contributed by atoms with Crippen LogP contribution in [-0.4, -0.2) is 52.6 Å². The van der Waals surface area contributed by atoms with E-state index in [0.29, 0.717) is 37.6 Å². The number of halogens is 1. The maximum Gasteiger partial charge on any atom is 0.410 e. The van der Waals surface area contributed by atoms with Crippen LogP contribution in [0.2, 0.25) is 0 Å². The van der Waals surface area contributed by atoms with E-state index in [9.17, 15) is 9.59 Å². The summed E-state index contributed by atoms with van der Waals surface area (Å²) in [6.45, 7) is 7.47. The third-order valence-corrected chi connectivity index (χ3v) is 6.46. The smallest absolute Gasteiger partial charge is 0.410 e. The standard InChI is InChI=1S/C25H29IN2O4/c1-24(2,3)32-23(30)27-13-14-28(25(17-27)11-12-25)22(29)20-10-9-19(26)15-21(20)31-16-18-7-5-4-6-8-18/h4-10,15H,11-14,16-17H2,1-3H3. The molecule has 32 heavy (non-hydrogen) atoms. The quantitative estimate of drug-likeness (QED) is 0.500. The minimum atomic E-state index is -0.535. The molecule has 1 spiro atoms. The Bertz CT molecular complexity index is 999. The first-order chi connectivity index (χ1) is 15.2. The van der Waals surface area contributed by atoms with Crippen LogP contribution in [-0.2, 0) is 11.3 Å². The van der Waals surface area contributed by atoms with Crippen molar-refractivity contribution in [3.05, 3.63) is 63.2 Å². The van der Waals surface area contributed by atoms with Crippen LogP contribution >= 0.6 is 22.6 Å². The summed E-state index contributed by atoms with van der Waals surface area (Å²) >= 11 is 2.23. The number of benzene rings is 2. The van der Waals surface area contributed by atoms with Crippen LogP contribution in [0.25, 0.3) is 0 Å². The molecule has 0 aromatic heterocycles. The Balaban J connectivity index is 1.49.